The lowest BCUT2D eigenvalue weighted by Gasteiger charge is -2.29. The first kappa shape index (κ1) is 19.7. The summed E-state index contributed by atoms with van der Waals surface area (Å²) >= 11 is 0. The van der Waals surface area contributed by atoms with Crippen molar-refractivity contribution in [2.75, 3.05) is 36.1 Å². The predicted molar refractivity (Wildman–Crippen MR) is 105 cm³/mol. The largest absolute Gasteiger partial charge is 0.495 e. The number of nitrogens with one attached hydrogen (secondary N) is 2. The zero-order chi connectivity index (χ0) is 20.3. The first-order valence-corrected chi connectivity index (χ1v) is 10.2. The first-order valence-electron chi connectivity index (χ1n) is 8.62. The summed E-state index contributed by atoms with van der Waals surface area (Å²) in [6.07, 6.45) is 2.66. The molecule has 9 nitrogen and oxygen atoms in total. The van der Waals surface area contributed by atoms with Gasteiger partial charge in [0.25, 0.3) is 5.91 Å². The number of methoxy groups -OCH3 is 2. The summed E-state index contributed by atoms with van der Waals surface area (Å²) < 4.78 is 36.3. The van der Waals surface area contributed by atoms with E-state index in [1.165, 1.54) is 24.7 Å². The predicted octanol–water partition coefficient (Wildman–Crippen LogP) is 1.57. The second kappa shape index (κ2) is 7.93. The number of rotatable bonds is 5. The van der Waals surface area contributed by atoms with E-state index < -0.39 is 21.4 Å². The number of amides is 1. The van der Waals surface area contributed by atoms with Crippen LogP contribution in [0.5, 0.6) is 11.5 Å². The number of H-pyrrole nitrogens is 1. The van der Waals surface area contributed by atoms with Crippen LogP contribution in [-0.4, -0.2) is 45.8 Å². The van der Waals surface area contributed by atoms with Gasteiger partial charge in [0.1, 0.15) is 11.4 Å². The molecule has 1 aliphatic heterocycles. The highest BCUT2D eigenvalue weighted by atomic mass is 32.2. The van der Waals surface area contributed by atoms with E-state index in [1.807, 2.05) is 0 Å². The van der Waals surface area contributed by atoms with Crippen LogP contribution in [0.3, 0.4) is 0 Å². The molecule has 0 bridgehead atoms. The second-order valence-corrected chi connectivity index (χ2v) is 8.23. The Hall–Kier alpha value is -3.01. The van der Waals surface area contributed by atoms with Crippen molar-refractivity contribution < 1.29 is 22.7 Å². The minimum atomic E-state index is -3.44. The molecule has 0 unspecified atom stereocenters. The molecule has 1 fully saturated rings. The number of hydrogen-bond acceptors (Lipinski definition) is 6. The highest BCUT2D eigenvalue weighted by Gasteiger charge is 2.28. The molecular weight excluding hydrogens is 386 g/mol. The molecule has 0 saturated carbocycles. The highest BCUT2D eigenvalue weighted by Crippen LogP contribution is 2.35. The van der Waals surface area contributed by atoms with Gasteiger partial charge in [-0.15, -0.1) is 0 Å². The Morgan fingerprint density at radius 2 is 1.89 bits per heavy atom. The summed E-state index contributed by atoms with van der Waals surface area (Å²) in [4.78, 5) is 27.0. The molecule has 10 heteroatoms. The molecule has 0 aliphatic carbocycles. The number of carbonyl (C=O) groups excluding carboxylic acids is 1. The third-order valence-corrected chi connectivity index (χ3v) is 6.25. The minimum Gasteiger partial charge on any atom is -0.495 e. The fourth-order valence-corrected chi connectivity index (χ4v) is 4.61. The average Bonchev–Trinajstić information content (AvgIpc) is 2.67. The standard InChI is InChI=1S/C18H21N3O6S/c1-26-16-6-5-12(9-14(16)21-7-3-4-8-28(21,24)25)20-18(23)13-10-15(22)17(27-2)11-19-13/h5-6,9-11H,3-4,7-8H2,1-2H3,(H,19,22)(H,20,23). The topological polar surface area (TPSA) is 118 Å². The molecule has 1 aromatic carbocycles. The zero-order valence-electron chi connectivity index (χ0n) is 15.5. The van der Waals surface area contributed by atoms with Gasteiger partial charge in [-0.1, -0.05) is 0 Å². The van der Waals surface area contributed by atoms with Gasteiger partial charge in [-0.3, -0.25) is 13.9 Å². The van der Waals surface area contributed by atoms with E-state index in [2.05, 4.69) is 10.3 Å². The van der Waals surface area contributed by atoms with Gasteiger partial charge < -0.3 is 19.8 Å². The average molecular weight is 407 g/mol. The lowest BCUT2D eigenvalue weighted by molar-refractivity contribution is 0.102. The lowest BCUT2D eigenvalue weighted by atomic mass is 10.2. The van der Waals surface area contributed by atoms with E-state index in [9.17, 15) is 18.0 Å². The number of pyridine rings is 1. The van der Waals surface area contributed by atoms with E-state index in [-0.39, 0.29) is 17.2 Å². The van der Waals surface area contributed by atoms with Gasteiger partial charge in [0.05, 0.1) is 25.7 Å². The van der Waals surface area contributed by atoms with Crippen molar-refractivity contribution in [2.24, 2.45) is 0 Å². The number of benzene rings is 1. The summed E-state index contributed by atoms with van der Waals surface area (Å²) in [6.45, 7) is 0.349. The number of nitrogens with zero attached hydrogens (tertiary/aromatic N) is 1. The normalized spacial score (nSPS) is 15.7. The molecule has 0 radical (unpaired) electrons. The Bertz CT molecular complexity index is 1050. The van der Waals surface area contributed by atoms with E-state index in [4.69, 9.17) is 9.47 Å². The van der Waals surface area contributed by atoms with E-state index in [0.717, 1.165) is 12.5 Å². The Labute approximate surface area is 162 Å². The van der Waals surface area contributed by atoms with Gasteiger partial charge in [0.2, 0.25) is 15.5 Å². The fourth-order valence-electron chi connectivity index (χ4n) is 2.97. The molecule has 1 amide bonds. The smallest absolute Gasteiger partial charge is 0.272 e. The van der Waals surface area contributed by atoms with Gasteiger partial charge in [-0.05, 0) is 31.0 Å². The van der Waals surface area contributed by atoms with E-state index in [0.29, 0.717) is 30.1 Å². The van der Waals surface area contributed by atoms with Crippen LogP contribution in [0.15, 0.2) is 35.3 Å². The molecule has 28 heavy (non-hydrogen) atoms. The van der Waals surface area contributed by atoms with Crippen LogP contribution >= 0.6 is 0 Å². The van der Waals surface area contributed by atoms with Crippen LogP contribution in [0, 0.1) is 0 Å². The van der Waals surface area contributed by atoms with Crippen molar-refractivity contribution >= 4 is 27.3 Å². The molecule has 0 spiro atoms. The first-order chi connectivity index (χ1) is 13.4. The molecule has 2 N–H and O–H groups in total. The van der Waals surface area contributed by atoms with Gasteiger partial charge in [0.15, 0.2) is 5.75 Å². The summed E-state index contributed by atoms with van der Waals surface area (Å²) in [5, 5.41) is 2.65. The van der Waals surface area contributed by atoms with Crippen molar-refractivity contribution in [3.8, 4) is 11.5 Å². The van der Waals surface area contributed by atoms with Crippen LogP contribution in [0.4, 0.5) is 11.4 Å². The molecule has 150 valence electrons. The number of aromatic nitrogens is 1. The van der Waals surface area contributed by atoms with Crippen LogP contribution in [0.25, 0.3) is 0 Å². The third-order valence-electron chi connectivity index (χ3n) is 4.40. The molecule has 1 aromatic heterocycles. The van der Waals surface area contributed by atoms with Crippen LogP contribution in [0.1, 0.15) is 23.3 Å². The Balaban J connectivity index is 1.90. The number of sulfonamides is 1. The van der Waals surface area contributed by atoms with Crippen molar-refractivity contribution in [1.29, 1.82) is 0 Å². The fraction of sp³-hybridized carbons (Fsp3) is 0.333. The van der Waals surface area contributed by atoms with Crippen LogP contribution in [-0.2, 0) is 10.0 Å². The Morgan fingerprint density at radius 3 is 2.54 bits per heavy atom. The number of anilines is 2. The van der Waals surface area contributed by atoms with Crippen LogP contribution in [0.2, 0.25) is 0 Å². The maximum Gasteiger partial charge on any atom is 0.272 e. The van der Waals surface area contributed by atoms with Crippen molar-refractivity contribution in [3.05, 3.63) is 46.4 Å². The quantitative estimate of drug-likeness (QED) is 0.777. The third kappa shape index (κ3) is 3.96. The van der Waals surface area contributed by atoms with Gasteiger partial charge in [-0.25, -0.2) is 8.42 Å². The molecule has 1 saturated heterocycles. The van der Waals surface area contributed by atoms with Gasteiger partial charge in [-0.2, -0.15) is 0 Å². The van der Waals surface area contributed by atoms with Crippen LogP contribution < -0.4 is 24.5 Å². The van der Waals surface area contributed by atoms with Gasteiger partial charge >= 0.3 is 0 Å². The summed E-state index contributed by atoms with van der Waals surface area (Å²) in [5.74, 6) is 0.0112. The molecule has 2 aromatic rings. The van der Waals surface area contributed by atoms with Crippen molar-refractivity contribution in [3.63, 3.8) is 0 Å². The molecular formula is C18H21N3O6S. The maximum atomic E-state index is 12.5. The summed E-state index contributed by atoms with van der Waals surface area (Å²) in [5.41, 5.74) is 0.358. The molecule has 3 rings (SSSR count). The highest BCUT2D eigenvalue weighted by molar-refractivity contribution is 7.92. The summed E-state index contributed by atoms with van der Waals surface area (Å²) in [7, 11) is -0.628. The Kier molecular flexibility index (Phi) is 5.59. The maximum absolute atomic E-state index is 12.5. The monoisotopic (exact) mass is 407 g/mol. The SMILES string of the molecule is COc1ccc(NC(=O)c2cc(=O)c(OC)c[nH]2)cc1N1CCCCS1(=O)=O. The number of hydrogen-bond donors (Lipinski definition) is 2. The molecule has 1 aliphatic rings. The molecule has 2 heterocycles. The van der Waals surface area contributed by atoms with Crippen molar-refractivity contribution in [2.45, 2.75) is 12.8 Å². The Morgan fingerprint density at radius 1 is 1.14 bits per heavy atom. The lowest BCUT2D eigenvalue weighted by Crippen LogP contribution is -2.38. The van der Waals surface area contributed by atoms with E-state index in [1.54, 1.807) is 18.2 Å². The minimum absolute atomic E-state index is 0.0498. The van der Waals surface area contributed by atoms with Crippen molar-refractivity contribution in [1.82, 2.24) is 4.98 Å². The number of aromatic amines is 1. The number of carbonyl (C=O) groups is 1. The number of ether oxygens (including phenoxy) is 2. The van der Waals surface area contributed by atoms with Gasteiger partial charge in [0, 0.05) is 24.5 Å². The van der Waals surface area contributed by atoms with E-state index >= 15 is 0 Å². The summed E-state index contributed by atoms with van der Waals surface area (Å²) in [6, 6.07) is 5.86. The zero-order valence-corrected chi connectivity index (χ0v) is 16.3. The molecule has 0 atom stereocenters. The second-order valence-electron chi connectivity index (χ2n) is 6.22.